The molecule has 0 aromatic heterocycles. The Bertz CT molecular complexity index is 611. The number of carboxylic acids is 1. The zero-order valence-corrected chi connectivity index (χ0v) is 12.9. The van der Waals surface area contributed by atoms with Gasteiger partial charge in [-0.05, 0) is 31.4 Å². The molecule has 2 N–H and O–H groups in total. The van der Waals surface area contributed by atoms with Gasteiger partial charge in [0.05, 0.1) is 0 Å². The summed E-state index contributed by atoms with van der Waals surface area (Å²) in [5.74, 6) is -1.76. The van der Waals surface area contributed by atoms with E-state index in [-0.39, 0.29) is 0 Å². The molecule has 1 aliphatic heterocycles. The molecule has 2 unspecified atom stereocenters. The van der Waals surface area contributed by atoms with E-state index in [1.165, 1.54) is 6.92 Å². The summed E-state index contributed by atoms with van der Waals surface area (Å²) in [7, 11) is 0. The molecule has 1 heterocycles. The number of imide groups is 1. The molecule has 118 valence electrons. The average molecular weight is 304 g/mol. The number of aliphatic carboxylic acids is 1. The summed E-state index contributed by atoms with van der Waals surface area (Å²) in [6.07, 6.45) is 1.97. The summed E-state index contributed by atoms with van der Waals surface area (Å²) < 4.78 is 0. The Morgan fingerprint density at radius 1 is 1.32 bits per heavy atom. The van der Waals surface area contributed by atoms with Crippen LogP contribution < -0.4 is 5.32 Å². The minimum Gasteiger partial charge on any atom is -0.480 e. The summed E-state index contributed by atoms with van der Waals surface area (Å²) in [5.41, 5.74) is 0.569. The van der Waals surface area contributed by atoms with Crippen LogP contribution in [0, 0.1) is 0 Å². The lowest BCUT2D eigenvalue weighted by Crippen LogP contribution is -2.45. The fourth-order valence-corrected chi connectivity index (χ4v) is 2.61. The number of rotatable bonds is 5. The van der Waals surface area contributed by atoms with Gasteiger partial charge in [0.25, 0.3) is 5.91 Å². The molecule has 0 saturated carbocycles. The monoisotopic (exact) mass is 304 g/mol. The van der Waals surface area contributed by atoms with Gasteiger partial charge < -0.3 is 10.4 Å². The predicted molar refractivity (Wildman–Crippen MR) is 80.3 cm³/mol. The van der Waals surface area contributed by atoms with Crippen LogP contribution in [-0.2, 0) is 21.5 Å². The molecule has 2 rings (SSSR count). The van der Waals surface area contributed by atoms with E-state index >= 15 is 0 Å². The summed E-state index contributed by atoms with van der Waals surface area (Å²) in [5, 5.41) is 11.6. The van der Waals surface area contributed by atoms with E-state index < -0.39 is 29.5 Å². The Labute approximate surface area is 129 Å². The lowest BCUT2D eigenvalue weighted by atomic mass is 9.90. The molecule has 1 aromatic rings. The first-order valence-corrected chi connectivity index (χ1v) is 7.29. The fourth-order valence-electron chi connectivity index (χ4n) is 2.61. The highest BCUT2D eigenvalue weighted by Gasteiger charge is 2.51. The molecule has 0 spiro atoms. The van der Waals surface area contributed by atoms with Gasteiger partial charge >= 0.3 is 12.0 Å². The molecule has 1 saturated heterocycles. The van der Waals surface area contributed by atoms with E-state index in [1.54, 1.807) is 19.1 Å². The molecule has 1 fully saturated rings. The van der Waals surface area contributed by atoms with Crippen molar-refractivity contribution in [3.8, 4) is 0 Å². The van der Waals surface area contributed by atoms with Crippen molar-refractivity contribution in [2.45, 2.75) is 45.2 Å². The zero-order chi connectivity index (χ0) is 16.5. The van der Waals surface area contributed by atoms with Gasteiger partial charge in [0.1, 0.15) is 11.6 Å². The number of carboxylic acid groups (broad SMARTS) is 1. The Balaban J connectivity index is 2.32. The van der Waals surface area contributed by atoms with E-state index in [9.17, 15) is 14.4 Å². The third-order valence-corrected chi connectivity index (χ3v) is 4.04. The van der Waals surface area contributed by atoms with Crippen LogP contribution >= 0.6 is 0 Å². The first-order chi connectivity index (χ1) is 10.3. The van der Waals surface area contributed by atoms with Crippen LogP contribution in [0.1, 0.15) is 38.3 Å². The molecular formula is C16H20N2O4. The maximum Gasteiger partial charge on any atom is 0.326 e. The van der Waals surface area contributed by atoms with Crippen molar-refractivity contribution in [1.82, 2.24) is 10.2 Å². The van der Waals surface area contributed by atoms with Gasteiger partial charge in [-0.15, -0.1) is 0 Å². The van der Waals surface area contributed by atoms with Crippen molar-refractivity contribution in [2.24, 2.45) is 0 Å². The SMILES string of the molecule is CCCc1ccc(C2(C)NC(=O)N(C(C)C(=O)O)C2=O)cc1. The molecule has 22 heavy (non-hydrogen) atoms. The van der Waals surface area contributed by atoms with Crippen LogP contribution in [-0.4, -0.2) is 34.0 Å². The highest BCUT2D eigenvalue weighted by atomic mass is 16.4. The highest BCUT2D eigenvalue weighted by Crippen LogP contribution is 2.30. The molecule has 0 radical (unpaired) electrons. The summed E-state index contributed by atoms with van der Waals surface area (Å²) in [6.45, 7) is 4.99. The second-order valence-electron chi connectivity index (χ2n) is 5.69. The number of urea groups is 1. The van der Waals surface area contributed by atoms with Crippen molar-refractivity contribution in [1.29, 1.82) is 0 Å². The predicted octanol–water partition coefficient (Wildman–Crippen LogP) is 1.88. The highest BCUT2D eigenvalue weighted by molar-refractivity contribution is 6.09. The number of carbonyl (C=O) groups is 3. The quantitative estimate of drug-likeness (QED) is 0.813. The number of nitrogens with one attached hydrogen (secondary N) is 1. The minimum absolute atomic E-state index is 0.546. The average Bonchev–Trinajstić information content (AvgIpc) is 2.70. The molecular weight excluding hydrogens is 284 g/mol. The van der Waals surface area contributed by atoms with Gasteiger partial charge in [-0.2, -0.15) is 0 Å². The van der Waals surface area contributed by atoms with E-state index in [0.717, 1.165) is 23.3 Å². The van der Waals surface area contributed by atoms with Crippen molar-refractivity contribution in [3.63, 3.8) is 0 Å². The molecule has 2 atom stereocenters. The fraction of sp³-hybridized carbons (Fsp3) is 0.438. The maximum atomic E-state index is 12.6. The number of benzene rings is 1. The van der Waals surface area contributed by atoms with Gasteiger partial charge in [0.2, 0.25) is 0 Å². The van der Waals surface area contributed by atoms with Crippen molar-refractivity contribution in [3.05, 3.63) is 35.4 Å². The number of hydrogen-bond acceptors (Lipinski definition) is 3. The molecule has 0 aliphatic carbocycles. The van der Waals surface area contributed by atoms with Crippen LogP contribution in [0.25, 0.3) is 0 Å². The third-order valence-electron chi connectivity index (χ3n) is 4.04. The summed E-state index contributed by atoms with van der Waals surface area (Å²) in [4.78, 5) is 36.4. The lowest BCUT2D eigenvalue weighted by Gasteiger charge is -2.23. The van der Waals surface area contributed by atoms with Crippen LogP contribution in [0.4, 0.5) is 4.79 Å². The summed E-state index contributed by atoms with van der Waals surface area (Å²) >= 11 is 0. The molecule has 1 aromatic carbocycles. The Morgan fingerprint density at radius 3 is 2.41 bits per heavy atom. The van der Waals surface area contributed by atoms with E-state index in [4.69, 9.17) is 5.11 Å². The molecule has 3 amide bonds. The van der Waals surface area contributed by atoms with Crippen LogP contribution in [0.5, 0.6) is 0 Å². The van der Waals surface area contributed by atoms with Gasteiger partial charge in [0.15, 0.2) is 0 Å². The van der Waals surface area contributed by atoms with Crippen molar-refractivity contribution in [2.75, 3.05) is 0 Å². The first kappa shape index (κ1) is 16.0. The van der Waals surface area contributed by atoms with Crippen LogP contribution in [0.2, 0.25) is 0 Å². The number of carbonyl (C=O) groups excluding carboxylic acids is 2. The molecule has 0 bridgehead atoms. The minimum atomic E-state index is -1.23. The normalized spacial score (nSPS) is 22.6. The summed E-state index contributed by atoms with van der Waals surface area (Å²) in [6, 6.07) is 5.57. The Kier molecular flexibility index (Phi) is 4.21. The maximum absolute atomic E-state index is 12.6. The van der Waals surface area contributed by atoms with Gasteiger partial charge in [0, 0.05) is 0 Å². The molecule has 6 heteroatoms. The van der Waals surface area contributed by atoms with Crippen LogP contribution in [0.15, 0.2) is 24.3 Å². The Morgan fingerprint density at radius 2 is 1.91 bits per heavy atom. The number of hydrogen-bond donors (Lipinski definition) is 2. The second-order valence-corrected chi connectivity index (χ2v) is 5.69. The molecule has 1 aliphatic rings. The van der Waals surface area contributed by atoms with Gasteiger partial charge in [-0.3, -0.25) is 4.79 Å². The topological polar surface area (TPSA) is 86.7 Å². The number of nitrogens with zero attached hydrogens (tertiary/aromatic N) is 1. The standard InChI is InChI=1S/C16H20N2O4/c1-4-5-11-6-8-12(9-7-11)16(3)14(21)18(15(22)17-16)10(2)13(19)20/h6-10H,4-5H2,1-3H3,(H,17,22)(H,19,20). The van der Waals surface area contributed by atoms with Gasteiger partial charge in [-0.25, -0.2) is 14.5 Å². The van der Waals surface area contributed by atoms with Crippen molar-refractivity contribution < 1.29 is 19.5 Å². The molecule has 6 nitrogen and oxygen atoms in total. The number of aryl methyl sites for hydroxylation is 1. The van der Waals surface area contributed by atoms with Crippen LogP contribution in [0.3, 0.4) is 0 Å². The van der Waals surface area contributed by atoms with E-state index in [2.05, 4.69) is 12.2 Å². The van der Waals surface area contributed by atoms with E-state index in [1.807, 2.05) is 12.1 Å². The largest absolute Gasteiger partial charge is 0.480 e. The smallest absolute Gasteiger partial charge is 0.326 e. The number of amides is 3. The lowest BCUT2D eigenvalue weighted by molar-refractivity contribution is -0.147. The zero-order valence-electron chi connectivity index (χ0n) is 12.9. The van der Waals surface area contributed by atoms with E-state index in [0.29, 0.717) is 5.56 Å². The van der Waals surface area contributed by atoms with Crippen molar-refractivity contribution >= 4 is 17.9 Å². The Hall–Kier alpha value is -2.37. The third kappa shape index (κ3) is 2.56. The first-order valence-electron chi connectivity index (χ1n) is 7.29. The van der Waals surface area contributed by atoms with Gasteiger partial charge in [-0.1, -0.05) is 37.6 Å². The second kappa shape index (κ2) is 5.79.